The molecule has 1 unspecified atom stereocenters. The van der Waals surface area contributed by atoms with E-state index in [4.69, 9.17) is 21.1 Å². The highest BCUT2D eigenvalue weighted by molar-refractivity contribution is 6.33. The molecule has 1 atom stereocenters. The van der Waals surface area contributed by atoms with E-state index in [9.17, 15) is 4.39 Å². The van der Waals surface area contributed by atoms with Crippen molar-refractivity contribution in [3.8, 4) is 11.5 Å². The summed E-state index contributed by atoms with van der Waals surface area (Å²) in [5, 5.41) is 3.83. The standard InChI is InChI=1S/C16H17ClFNO2/c1-10(11-4-7-16(21-3)14(18)8-11)19-15-9-12(20-2)5-6-13(15)17/h4-10,19H,1-3H3. The van der Waals surface area contributed by atoms with Crippen molar-refractivity contribution in [3.05, 3.63) is 52.8 Å². The minimum absolute atomic E-state index is 0.116. The fourth-order valence-corrected chi connectivity index (χ4v) is 2.18. The minimum Gasteiger partial charge on any atom is -0.497 e. The molecule has 0 spiro atoms. The van der Waals surface area contributed by atoms with Crippen LogP contribution in [0, 0.1) is 5.82 Å². The van der Waals surface area contributed by atoms with E-state index in [-0.39, 0.29) is 17.6 Å². The molecule has 0 saturated heterocycles. The van der Waals surface area contributed by atoms with E-state index >= 15 is 0 Å². The largest absolute Gasteiger partial charge is 0.497 e. The molecule has 0 aliphatic rings. The highest BCUT2D eigenvalue weighted by Gasteiger charge is 2.11. The topological polar surface area (TPSA) is 30.5 Å². The van der Waals surface area contributed by atoms with Gasteiger partial charge in [-0.15, -0.1) is 0 Å². The van der Waals surface area contributed by atoms with Crippen molar-refractivity contribution in [3.63, 3.8) is 0 Å². The van der Waals surface area contributed by atoms with Gasteiger partial charge in [0.15, 0.2) is 11.6 Å². The number of hydrogen-bond acceptors (Lipinski definition) is 3. The molecule has 3 nitrogen and oxygen atoms in total. The zero-order valence-electron chi connectivity index (χ0n) is 12.1. The number of anilines is 1. The molecule has 0 aliphatic heterocycles. The molecule has 0 bridgehead atoms. The normalized spacial score (nSPS) is 11.9. The maximum absolute atomic E-state index is 13.7. The summed E-state index contributed by atoms with van der Waals surface area (Å²) in [5.74, 6) is 0.542. The lowest BCUT2D eigenvalue weighted by atomic mass is 10.1. The van der Waals surface area contributed by atoms with Gasteiger partial charge in [-0.1, -0.05) is 17.7 Å². The van der Waals surface area contributed by atoms with Gasteiger partial charge in [-0.3, -0.25) is 0 Å². The van der Waals surface area contributed by atoms with Crippen LogP contribution >= 0.6 is 11.6 Å². The Morgan fingerprint density at radius 2 is 1.86 bits per heavy atom. The van der Waals surface area contributed by atoms with E-state index in [0.717, 1.165) is 11.3 Å². The third-order valence-electron chi connectivity index (χ3n) is 3.22. The van der Waals surface area contributed by atoms with Crippen molar-refractivity contribution >= 4 is 17.3 Å². The van der Waals surface area contributed by atoms with Crippen molar-refractivity contribution in [1.29, 1.82) is 0 Å². The van der Waals surface area contributed by atoms with E-state index < -0.39 is 0 Å². The number of methoxy groups -OCH3 is 2. The Hall–Kier alpha value is -1.94. The van der Waals surface area contributed by atoms with Crippen LogP contribution in [0.1, 0.15) is 18.5 Å². The lowest BCUT2D eigenvalue weighted by Gasteiger charge is -2.18. The lowest BCUT2D eigenvalue weighted by molar-refractivity contribution is 0.386. The molecule has 5 heteroatoms. The average molecular weight is 310 g/mol. The van der Waals surface area contributed by atoms with Gasteiger partial charge < -0.3 is 14.8 Å². The van der Waals surface area contributed by atoms with Gasteiger partial charge in [-0.05, 0) is 36.8 Å². The van der Waals surface area contributed by atoms with Crippen LogP contribution in [0.4, 0.5) is 10.1 Å². The first-order valence-corrected chi connectivity index (χ1v) is 6.86. The number of benzene rings is 2. The van der Waals surface area contributed by atoms with E-state index in [1.807, 2.05) is 13.0 Å². The van der Waals surface area contributed by atoms with Crippen molar-refractivity contribution in [2.75, 3.05) is 19.5 Å². The van der Waals surface area contributed by atoms with Gasteiger partial charge in [-0.25, -0.2) is 4.39 Å². The molecule has 0 amide bonds. The summed E-state index contributed by atoms with van der Waals surface area (Å²) in [6, 6.07) is 10.1. The van der Waals surface area contributed by atoms with E-state index in [0.29, 0.717) is 10.8 Å². The number of nitrogens with one attached hydrogen (secondary N) is 1. The molecule has 2 aromatic carbocycles. The highest BCUT2D eigenvalue weighted by Crippen LogP contribution is 2.30. The minimum atomic E-state index is -0.389. The molecular formula is C16H17ClFNO2. The molecule has 0 aromatic heterocycles. The Kier molecular flexibility index (Phi) is 4.91. The van der Waals surface area contributed by atoms with Gasteiger partial charge in [-0.2, -0.15) is 0 Å². The SMILES string of the molecule is COc1ccc(Cl)c(NC(C)c2ccc(OC)c(F)c2)c1. The van der Waals surface area contributed by atoms with Crippen LogP contribution in [0.25, 0.3) is 0 Å². The fourth-order valence-electron chi connectivity index (χ4n) is 2.01. The second-order valence-electron chi connectivity index (χ2n) is 4.61. The van der Waals surface area contributed by atoms with Crippen molar-refractivity contribution in [1.82, 2.24) is 0 Å². The third-order valence-corrected chi connectivity index (χ3v) is 3.55. The van der Waals surface area contributed by atoms with Crippen molar-refractivity contribution in [2.45, 2.75) is 13.0 Å². The van der Waals surface area contributed by atoms with Crippen LogP contribution in [0.5, 0.6) is 11.5 Å². The molecular weight excluding hydrogens is 293 g/mol. The summed E-state index contributed by atoms with van der Waals surface area (Å²) in [7, 11) is 3.03. The van der Waals surface area contributed by atoms with Gasteiger partial charge in [0, 0.05) is 12.1 Å². The number of hydrogen-bond donors (Lipinski definition) is 1. The number of ether oxygens (including phenoxy) is 2. The monoisotopic (exact) mass is 309 g/mol. The van der Waals surface area contributed by atoms with Gasteiger partial charge in [0.25, 0.3) is 0 Å². The molecule has 0 aliphatic carbocycles. The average Bonchev–Trinajstić information content (AvgIpc) is 2.49. The summed E-state index contributed by atoms with van der Waals surface area (Å²) in [6.07, 6.45) is 0. The number of halogens is 2. The first-order valence-electron chi connectivity index (χ1n) is 6.48. The van der Waals surface area contributed by atoms with Crippen LogP contribution in [0.15, 0.2) is 36.4 Å². The van der Waals surface area contributed by atoms with E-state index in [1.165, 1.54) is 13.2 Å². The highest BCUT2D eigenvalue weighted by atomic mass is 35.5. The Morgan fingerprint density at radius 3 is 2.48 bits per heavy atom. The summed E-state index contributed by atoms with van der Waals surface area (Å²) >= 11 is 6.15. The maximum Gasteiger partial charge on any atom is 0.165 e. The molecule has 2 rings (SSSR count). The zero-order chi connectivity index (χ0) is 15.4. The fraction of sp³-hybridized carbons (Fsp3) is 0.250. The first kappa shape index (κ1) is 15.4. The smallest absolute Gasteiger partial charge is 0.165 e. The third kappa shape index (κ3) is 3.58. The molecule has 0 fully saturated rings. The number of rotatable bonds is 5. The van der Waals surface area contributed by atoms with Gasteiger partial charge in [0.1, 0.15) is 5.75 Å². The predicted octanol–water partition coefficient (Wildman–Crippen LogP) is 4.67. The second kappa shape index (κ2) is 6.68. The Morgan fingerprint density at radius 1 is 1.10 bits per heavy atom. The van der Waals surface area contributed by atoms with Crippen molar-refractivity contribution < 1.29 is 13.9 Å². The molecule has 112 valence electrons. The quantitative estimate of drug-likeness (QED) is 0.870. The Labute approximate surface area is 128 Å². The van der Waals surface area contributed by atoms with Gasteiger partial charge in [0.05, 0.1) is 24.9 Å². The van der Waals surface area contributed by atoms with Crippen molar-refractivity contribution in [2.24, 2.45) is 0 Å². The van der Waals surface area contributed by atoms with Crippen LogP contribution in [0.2, 0.25) is 5.02 Å². The molecule has 2 aromatic rings. The first-order chi connectivity index (χ1) is 10.0. The Bertz CT molecular complexity index is 634. The van der Waals surface area contributed by atoms with Gasteiger partial charge in [0.2, 0.25) is 0 Å². The summed E-state index contributed by atoms with van der Waals surface area (Å²) in [5.41, 5.74) is 1.53. The summed E-state index contributed by atoms with van der Waals surface area (Å²) in [6.45, 7) is 1.93. The van der Waals surface area contributed by atoms with Crippen LogP contribution in [0.3, 0.4) is 0 Å². The molecule has 21 heavy (non-hydrogen) atoms. The second-order valence-corrected chi connectivity index (χ2v) is 5.01. The van der Waals surface area contributed by atoms with Crippen LogP contribution < -0.4 is 14.8 Å². The lowest BCUT2D eigenvalue weighted by Crippen LogP contribution is -2.07. The Balaban J connectivity index is 2.21. The van der Waals surface area contributed by atoms with E-state index in [1.54, 1.807) is 31.4 Å². The maximum atomic E-state index is 13.7. The van der Waals surface area contributed by atoms with E-state index in [2.05, 4.69) is 5.32 Å². The summed E-state index contributed by atoms with van der Waals surface area (Å²) < 4.78 is 23.8. The molecule has 0 saturated carbocycles. The van der Waals surface area contributed by atoms with Gasteiger partial charge >= 0.3 is 0 Å². The van der Waals surface area contributed by atoms with Crippen LogP contribution in [-0.2, 0) is 0 Å². The molecule has 0 radical (unpaired) electrons. The molecule has 0 heterocycles. The summed E-state index contributed by atoms with van der Waals surface area (Å²) in [4.78, 5) is 0. The predicted molar refractivity (Wildman–Crippen MR) is 83.0 cm³/mol. The molecule has 1 N–H and O–H groups in total. The van der Waals surface area contributed by atoms with Crippen LogP contribution in [-0.4, -0.2) is 14.2 Å². The zero-order valence-corrected chi connectivity index (χ0v) is 12.9.